The lowest BCUT2D eigenvalue weighted by molar-refractivity contribution is -0.138. The molecule has 2 fully saturated rings. The fraction of sp³-hybridized carbons (Fsp3) is 0.818. The molecule has 90 valence electrons. The Labute approximate surface area is 95.8 Å². The molecule has 0 aromatic rings. The molecule has 0 unspecified atom stereocenters. The van der Waals surface area contributed by atoms with Crippen LogP contribution in [0.1, 0.15) is 19.3 Å². The number of likely N-dealkylation sites (tertiary alicyclic amines) is 1. The molecule has 2 heterocycles. The lowest BCUT2D eigenvalue weighted by atomic mass is 10.4. The summed E-state index contributed by atoms with van der Waals surface area (Å²) in [5.41, 5.74) is 0. The van der Waals surface area contributed by atoms with Crippen LogP contribution in [0.2, 0.25) is 0 Å². The number of rotatable bonds is 3. The highest BCUT2D eigenvalue weighted by molar-refractivity contribution is 6.01. The van der Waals surface area contributed by atoms with Crippen molar-refractivity contribution < 1.29 is 9.59 Å². The summed E-state index contributed by atoms with van der Waals surface area (Å²) < 4.78 is 0. The molecule has 2 rings (SSSR count). The molecule has 2 saturated heterocycles. The van der Waals surface area contributed by atoms with Gasteiger partial charge in [-0.15, -0.1) is 0 Å². The average Bonchev–Trinajstić information content (AvgIpc) is 2.51. The molecule has 0 aromatic heterocycles. The molecule has 0 aliphatic carbocycles. The third-order valence-electron chi connectivity index (χ3n) is 3.23. The van der Waals surface area contributed by atoms with Crippen LogP contribution < -0.4 is 5.32 Å². The first kappa shape index (κ1) is 11.5. The van der Waals surface area contributed by atoms with Crippen molar-refractivity contribution in [3.63, 3.8) is 0 Å². The van der Waals surface area contributed by atoms with Gasteiger partial charge in [-0.1, -0.05) is 0 Å². The zero-order valence-corrected chi connectivity index (χ0v) is 9.57. The first-order valence-corrected chi connectivity index (χ1v) is 6.03. The number of carbonyl (C=O) groups is 2. The SMILES string of the molecule is O=C1CCC(=O)N1CCN1CCCNCC1. The second kappa shape index (κ2) is 5.41. The highest BCUT2D eigenvalue weighted by Crippen LogP contribution is 2.11. The van der Waals surface area contributed by atoms with E-state index in [0.717, 1.165) is 39.1 Å². The van der Waals surface area contributed by atoms with Gasteiger partial charge in [0.1, 0.15) is 0 Å². The summed E-state index contributed by atoms with van der Waals surface area (Å²) in [4.78, 5) is 26.5. The van der Waals surface area contributed by atoms with Gasteiger partial charge >= 0.3 is 0 Å². The van der Waals surface area contributed by atoms with Crippen LogP contribution in [0.5, 0.6) is 0 Å². The van der Waals surface area contributed by atoms with Gasteiger partial charge in [0.15, 0.2) is 0 Å². The zero-order chi connectivity index (χ0) is 11.4. The largest absolute Gasteiger partial charge is 0.315 e. The number of imide groups is 1. The first-order chi connectivity index (χ1) is 7.77. The van der Waals surface area contributed by atoms with Crippen molar-refractivity contribution in [3.05, 3.63) is 0 Å². The molecule has 2 amide bonds. The lowest BCUT2D eigenvalue weighted by Gasteiger charge is -2.22. The van der Waals surface area contributed by atoms with Crippen LogP contribution >= 0.6 is 0 Å². The van der Waals surface area contributed by atoms with Gasteiger partial charge in [-0.05, 0) is 19.5 Å². The molecule has 0 bridgehead atoms. The first-order valence-electron chi connectivity index (χ1n) is 6.03. The maximum Gasteiger partial charge on any atom is 0.229 e. The van der Waals surface area contributed by atoms with Crippen LogP contribution in [0.25, 0.3) is 0 Å². The summed E-state index contributed by atoms with van der Waals surface area (Å²) in [7, 11) is 0. The highest BCUT2D eigenvalue weighted by Gasteiger charge is 2.28. The summed E-state index contributed by atoms with van der Waals surface area (Å²) in [5.74, 6) is -0.00380. The number of carbonyl (C=O) groups excluding carboxylic acids is 2. The maximum atomic E-state index is 11.4. The predicted molar refractivity (Wildman–Crippen MR) is 59.9 cm³/mol. The van der Waals surface area contributed by atoms with E-state index < -0.39 is 0 Å². The van der Waals surface area contributed by atoms with Gasteiger partial charge < -0.3 is 10.2 Å². The molecule has 16 heavy (non-hydrogen) atoms. The molecule has 0 atom stereocenters. The van der Waals surface area contributed by atoms with E-state index in [1.54, 1.807) is 0 Å². The van der Waals surface area contributed by atoms with E-state index in [1.807, 2.05) is 0 Å². The molecule has 0 spiro atoms. The zero-order valence-electron chi connectivity index (χ0n) is 9.57. The molecule has 0 aromatic carbocycles. The number of hydrogen-bond acceptors (Lipinski definition) is 4. The molecule has 5 nitrogen and oxygen atoms in total. The van der Waals surface area contributed by atoms with Crippen molar-refractivity contribution in [2.24, 2.45) is 0 Å². The van der Waals surface area contributed by atoms with Crippen molar-refractivity contribution in [3.8, 4) is 0 Å². The van der Waals surface area contributed by atoms with Crippen LogP contribution in [0.4, 0.5) is 0 Å². The van der Waals surface area contributed by atoms with Crippen molar-refractivity contribution in [2.45, 2.75) is 19.3 Å². The van der Waals surface area contributed by atoms with E-state index in [0.29, 0.717) is 19.4 Å². The fourth-order valence-electron chi connectivity index (χ4n) is 2.24. The fourth-order valence-corrected chi connectivity index (χ4v) is 2.24. The smallest absolute Gasteiger partial charge is 0.229 e. The van der Waals surface area contributed by atoms with Gasteiger partial charge in [0, 0.05) is 39.0 Å². The van der Waals surface area contributed by atoms with Crippen LogP contribution in [0.3, 0.4) is 0 Å². The number of amides is 2. The third-order valence-corrected chi connectivity index (χ3v) is 3.23. The third kappa shape index (κ3) is 2.80. The predicted octanol–water partition coefficient (Wildman–Crippen LogP) is -0.569. The van der Waals surface area contributed by atoms with E-state index in [9.17, 15) is 9.59 Å². The minimum absolute atomic E-state index is 0.00190. The minimum Gasteiger partial charge on any atom is -0.315 e. The second-order valence-electron chi connectivity index (χ2n) is 4.38. The molecular weight excluding hydrogens is 206 g/mol. The molecule has 1 N–H and O–H groups in total. The Bertz CT molecular complexity index is 256. The molecule has 2 aliphatic rings. The summed E-state index contributed by atoms with van der Waals surface area (Å²) in [5, 5.41) is 3.33. The lowest BCUT2D eigenvalue weighted by Crippen LogP contribution is -2.39. The van der Waals surface area contributed by atoms with Gasteiger partial charge in [-0.2, -0.15) is 0 Å². The van der Waals surface area contributed by atoms with E-state index in [2.05, 4.69) is 10.2 Å². The van der Waals surface area contributed by atoms with E-state index >= 15 is 0 Å². The number of nitrogens with one attached hydrogen (secondary N) is 1. The van der Waals surface area contributed by atoms with Gasteiger partial charge in [0.2, 0.25) is 11.8 Å². The van der Waals surface area contributed by atoms with E-state index in [-0.39, 0.29) is 11.8 Å². The highest BCUT2D eigenvalue weighted by atomic mass is 16.2. The van der Waals surface area contributed by atoms with Crippen LogP contribution in [0.15, 0.2) is 0 Å². The van der Waals surface area contributed by atoms with Gasteiger partial charge in [0.25, 0.3) is 0 Å². The molecule has 0 saturated carbocycles. The Balaban J connectivity index is 1.77. The second-order valence-corrected chi connectivity index (χ2v) is 4.38. The summed E-state index contributed by atoms with van der Waals surface area (Å²) in [6.07, 6.45) is 1.95. The number of nitrogens with zero attached hydrogens (tertiary/aromatic N) is 2. The normalized spacial score (nSPS) is 23.9. The van der Waals surface area contributed by atoms with Gasteiger partial charge in [0.05, 0.1) is 0 Å². The topological polar surface area (TPSA) is 52.7 Å². The Kier molecular flexibility index (Phi) is 3.90. The van der Waals surface area contributed by atoms with Crippen molar-refractivity contribution >= 4 is 11.8 Å². The van der Waals surface area contributed by atoms with Crippen LogP contribution in [-0.4, -0.2) is 60.9 Å². The van der Waals surface area contributed by atoms with Crippen LogP contribution in [0, 0.1) is 0 Å². The van der Waals surface area contributed by atoms with Crippen molar-refractivity contribution in [1.29, 1.82) is 0 Å². The Morgan fingerprint density at radius 3 is 2.50 bits per heavy atom. The van der Waals surface area contributed by atoms with E-state index in [4.69, 9.17) is 0 Å². The van der Waals surface area contributed by atoms with E-state index in [1.165, 1.54) is 4.90 Å². The maximum absolute atomic E-state index is 11.4. The monoisotopic (exact) mass is 225 g/mol. The number of hydrogen-bond donors (Lipinski definition) is 1. The van der Waals surface area contributed by atoms with Gasteiger partial charge in [-0.3, -0.25) is 14.5 Å². The van der Waals surface area contributed by atoms with Gasteiger partial charge in [-0.25, -0.2) is 0 Å². The quantitative estimate of drug-likeness (QED) is 0.654. The Hall–Kier alpha value is -0.940. The summed E-state index contributed by atoms with van der Waals surface area (Å²) in [6, 6.07) is 0. The molecule has 0 radical (unpaired) electrons. The minimum atomic E-state index is -0.00190. The van der Waals surface area contributed by atoms with Crippen LogP contribution in [-0.2, 0) is 9.59 Å². The molecular formula is C11H19N3O2. The van der Waals surface area contributed by atoms with Crippen molar-refractivity contribution in [2.75, 3.05) is 39.3 Å². The summed E-state index contributed by atoms with van der Waals surface area (Å²) in [6.45, 7) is 5.52. The summed E-state index contributed by atoms with van der Waals surface area (Å²) >= 11 is 0. The molecule has 5 heteroatoms. The van der Waals surface area contributed by atoms with Crippen molar-refractivity contribution in [1.82, 2.24) is 15.1 Å². The molecule has 2 aliphatic heterocycles. The Morgan fingerprint density at radius 2 is 1.75 bits per heavy atom. The Morgan fingerprint density at radius 1 is 1.00 bits per heavy atom. The average molecular weight is 225 g/mol. The standard InChI is InChI=1S/C11H19N3O2/c15-10-2-3-11(16)14(10)9-8-13-6-1-4-12-5-7-13/h12H,1-9H2.